The van der Waals surface area contributed by atoms with Crippen LogP contribution in [0.2, 0.25) is 0 Å². The first-order valence-electron chi connectivity index (χ1n) is 8.99. The molecular formula is C19H27IN6O. The van der Waals surface area contributed by atoms with Gasteiger partial charge in [0.05, 0.1) is 19.3 Å². The van der Waals surface area contributed by atoms with E-state index in [1.165, 1.54) is 0 Å². The van der Waals surface area contributed by atoms with Gasteiger partial charge in [-0.3, -0.25) is 0 Å². The summed E-state index contributed by atoms with van der Waals surface area (Å²) >= 11 is 0. The Hall–Kier alpha value is -2.10. The molecule has 7 nitrogen and oxygen atoms in total. The van der Waals surface area contributed by atoms with Crippen LogP contribution in [0.4, 0.5) is 5.82 Å². The fourth-order valence-electron chi connectivity index (χ4n) is 2.93. The molecule has 2 aromatic heterocycles. The van der Waals surface area contributed by atoms with Crippen LogP contribution in [-0.4, -0.2) is 60.7 Å². The predicted octanol–water partition coefficient (Wildman–Crippen LogP) is 2.39. The number of anilines is 1. The van der Waals surface area contributed by atoms with E-state index in [4.69, 9.17) is 9.73 Å². The molecule has 3 rings (SSSR count). The van der Waals surface area contributed by atoms with Crippen molar-refractivity contribution in [1.29, 1.82) is 0 Å². The number of hydrogen-bond acceptors (Lipinski definition) is 5. The molecule has 1 N–H and O–H groups in total. The van der Waals surface area contributed by atoms with E-state index >= 15 is 0 Å². The van der Waals surface area contributed by atoms with Gasteiger partial charge in [0, 0.05) is 45.0 Å². The van der Waals surface area contributed by atoms with E-state index in [0.29, 0.717) is 12.4 Å². The smallest absolute Gasteiger partial charge is 0.213 e. The summed E-state index contributed by atoms with van der Waals surface area (Å²) in [6.45, 7) is 7.13. The van der Waals surface area contributed by atoms with Gasteiger partial charge in [0.1, 0.15) is 5.82 Å². The highest BCUT2D eigenvalue weighted by Crippen LogP contribution is 2.13. The van der Waals surface area contributed by atoms with E-state index in [2.05, 4.69) is 38.1 Å². The van der Waals surface area contributed by atoms with Gasteiger partial charge in [-0.2, -0.15) is 0 Å². The molecule has 0 spiro atoms. The van der Waals surface area contributed by atoms with E-state index in [0.717, 1.165) is 50.2 Å². The summed E-state index contributed by atoms with van der Waals surface area (Å²) in [5.41, 5.74) is 0.895. The maximum absolute atomic E-state index is 5.18. The number of guanidine groups is 1. The highest BCUT2D eigenvalue weighted by Gasteiger charge is 2.20. The van der Waals surface area contributed by atoms with Crippen molar-refractivity contribution in [3.63, 3.8) is 0 Å². The monoisotopic (exact) mass is 482 g/mol. The van der Waals surface area contributed by atoms with Gasteiger partial charge in [0.15, 0.2) is 5.96 Å². The number of ether oxygens (including phenoxy) is 1. The fourth-order valence-corrected chi connectivity index (χ4v) is 2.93. The minimum absolute atomic E-state index is 0. The average molecular weight is 482 g/mol. The van der Waals surface area contributed by atoms with Crippen LogP contribution in [0.1, 0.15) is 12.6 Å². The van der Waals surface area contributed by atoms with Crippen molar-refractivity contribution in [3.05, 3.63) is 48.3 Å². The number of nitrogens with zero attached hydrogens (tertiary/aromatic N) is 5. The molecule has 0 saturated carbocycles. The topological polar surface area (TPSA) is 65.9 Å². The molecule has 0 unspecified atom stereocenters. The van der Waals surface area contributed by atoms with Gasteiger partial charge < -0.3 is 19.9 Å². The van der Waals surface area contributed by atoms with Crippen LogP contribution in [0.5, 0.6) is 5.88 Å². The van der Waals surface area contributed by atoms with Crippen LogP contribution >= 0.6 is 24.0 Å². The second-order valence-corrected chi connectivity index (χ2v) is 6.00. The molecule has 2 aromatic rings. The summed E-state index contributed by atoms with van der Waals surface area (Å²) < 4.78 is 5.18. The standard InChI is InChI=1S/C19H26N6O.HI/c1-3-20-19(22-15-16-7-6-9-18(23-16)26-2)25-13-11-24(12-14-25)17-8-4-5-10-21-17;/h4-10H,3,11-15H2,1-2H3,(H,20,22);1H. The molecule has 1 saturated heterocycles. The van der Waals surface area contributed by atoms with Crippen molar-refractivity contribution in [2.24, 2.45) is 4.99 Å². The maximum Gasteiger partial charge on any atom is 0.213 e. The molecule has 27 heavy (non-hydrogen) atoms. The lowest BCUT2D eigenvalue weighted by Crippen LogP contribution is -2.52. The van der Waals surface area contributed by atoms with Crippen LogP contribution in [-0.2, 0) is 6.54 Å². The molecule has 0 aromatic carbocycles. The zero-order valence-electron chi connectivity index (χ0n) is 15.8. The Morgan fingerprint density at radius 1 is 1.15 bits per heavy atom. The molecular weight excluding hydrogens is 455 g/mol. The number of methoxy groups -OCH3 is 1. The van der Waals surface area contributed by atoms with E-state index in [9.17, 15) is 0 Å². The van der Waals surface area contributed by atoms with Crippen LogP contribution in [0.3, 0.4) is 0 Å². The van der Waals surface area contributed by atoms with Gasteiger partial charge in [-0.05, 0) is 25.1 Å². The first-order valence-corrected chi connectivity index (χ1v) is 8.99. The summed E-state index contributed by atoms with van der Waals surface area (Å²) in [5, 5.41) is 3.39. The lowest BCUT2D eigenvalue weighted by molar-refractivity contribution is 0.371. The Morgan fingerprint density at radius 3 is 2.63 bits per heavy atom. The van der Waals surface area contributed by atoms with E-state index in [1.54, 1.807) is 7.11 Å². The number of pyridine rings is 2. The quantitative estimate of drug-likeness (QED) is 0.401. The lowest BCUT2D eigenvalue weighted by atomic mass is 10.3. The molecule has 1 aliphatic rings. The molecule has 3 heterocycles. The number of halogens is 1. The van der Waals surface area contributed by atoms with Gasteiger partial charge >= 0.3 is 0 Å². The zero-order valence-corrected chi connectivity index (χ0v) is 18.2. The van der Waals surface area contributed by atoms with Crippen molar-refractivity contribution in [1.82, 2.24) is 20.2 Å². The Bertz CT molecular complexity index is 719. The molecule has 0 radical (unpaired) electrons. The Labute approximate surface area is 177 Å². The summed E-state index contributed by atoms with van der Waals surface area (Å²) in [4.78, 5) is 18.2. The summed E-state index contributed by atoms with van der Waals surface area (Å²) in [5.74, 6) is 2.58. The van der Waals surface area contributed by atoms with Gasteiger partial charge in [-0.15, -0.1) is 24.0 Å². The molecule has 1 aliphatic heterocycles. The average Bonchev–Trinajstić information content (AvgIpc) is 2.72. The highest BCUT2D eigenvalue weighted by molar-refractivity contribution is 14.0. The third kappa shape index (κ3) is 5.95. The van der Waals surface area contributed by atoms with Crippen molar-refractivity contribution in [2.45, 2.75) is 13.5 Å². The molecule has 0 atom stereocenters. The summed E-state index contributed by atoms with van der Waals surface area (Å²) in [6, 6.07) is 11.8. The SMILES string of the molecule is CCNC(=NCc1cccc(OC)n1)N1CCN(c2ccccn2)CC1.I. The van der Waals surface area contributed by atoms with E-state index in [-0.39, 0.29) is 24.0 Å². The van der Waals surface area contributed by atoms with Crippen molar-refractivity contribution in [2.75, 3.05) is 44.7 Å². The molecule has 146 valence electrons. The Kier molecular flexibility index (Phi) is 8.56. The van der Waals surface area contributed by atoms with Crippen LogP contribution in [0.25, 0.3) is 0 Å². The van der Waals surface area contributed by atoms with Crippen molar-refractivity contribution >= 4 is 35.8 Å². The molecule has 0 bridgehead atoms. The normalized spacial score (nSPS) is 14.5. The van der Waals surface area contributed by atoms with Gasteiger partial charge in [0.2, 0.25) is 5.88 Å². The molecule has 8 heteroatoms. The zero-order chi connectivity index (χ0) is 18.2. The van der Waals surface area contributed by atoms with Crippen molar-refractivity contribution < 1.29 is 4.74 Å². The van der Waals surface area contributed by atoms with Crippen molar-refractivity contribution in [3.8, 4) is 5.88 Å². The van der Waals surface area contributed by atoms with Crippen LogP contribution in [0, 0.1) is 0 Å². The van der Waals surface area contributed by atoms with Gasteiger partial charge in [-0.25, -0.2) is 15.0 Å². The number of aromatic nitrogens is 2. The summed E-state index contributed by atoms with van der Waals surface area (Å²) in [7, 11) is 1.63. The number of nitrogens with one attached hydrogen (secondary N) is 1. The number of piperazine rings is 1. The largest absolute Gasteiger partial charge is 0.481 e. The van der Waals surface area contributed by atoms with Gasteiger partial charge in [0.25, 0.3) is 0 Å². The summed E-state index contributed by atoms with van der Waals surface area (Å²) in [6.07, 6.45) is 1.84. The minimum atomic E-state index is 0. The molecule has 1 fully saturated rings. The highest BCUT2D eigenvalue weighted by atomic mass is 127. The molecule has 0 amide bonds. The number of aliphatic imine (C=N–C) groups is 1. The maximum atomic E-state index is 5.18. The first kappa shape index (κ1) is 21.2. The fraction of sp³-hybridized carbons (Fsp3) is 0.421. The van der Waals surface area contributed by atoms with Crippen LogP contribution < -0.4 is 15.0 Å². The van der Waals surface area contributed by atoms with E-state index in [1.807, 2.05) is 36.5 Å². The van der Waals surface area contributed by atoms with Crippen LogP contribution in [0.15, 0.2) is 47.6 Å². The third-order valence-corrected chi connectivity index (χ3v) is 4.27. The van der Waals surface area contributed by atoms with Gasteiger partial charge in [-0.1, -0.05) is 12.1 Å². The second-order valence-electron chi connectivity index (χ2n) is 6.00. The predicted molar refractivity (Wildman–Crippen MR) is 119 cm³/mol. The number of hydrogen-bond donors (Lipinski definition) is 1. The second kappa shape index (κ2) is 10.9. The first-order chi connectivity index (χ1) is 12.8. The lowest BCUT2D eigenvalue weighted by Gasteiger charge is -2.37. The number of rotatable bonds is 5. The Morgan fingerprint density at radius 2 is 1.96 bits per heavy atom. The molecule has 0 aliphatic carbocycles. The third-order valence-electron chi connectivity index (χ3n) is 4.27. The van der Waals surface area contributed by atoms with E-state index < -0.39 is 0 Å². The minimum Gasteiger partial charge on any atom is -0.481 e. The Balaban J connectivity index is 0.00000261.